The van der Waals surface area contributed by atoms with E-state index in [4.69, 9.17) is 13.9 Å². The van der Waals surface area contributed by atoms with Gasteiger partial charge in [-0.3, -0.25) is 29.4 Å². The van der Waals surface area contributed by atoms with E-state index in [1.807, 2.05) is 0 Å². The van der Waals surface area contributed by atoms with Gasteiger partial charge in [-0.05, 0) is 18.6 Å². The summed E-state index contributed by atoms with van der Waals surface area (Å²) in [6.45, 7) is 0.439. The Morgan fingerprint density at radius 2 is 2.17 bits per heavy atom. The van der Waals surface area contributed by atoms with Crippen molar-refractivity contribution in [1.29, 1.82) is 0 Å². The second kappa shape index (κ2) is 6.34. The zero-order valence-electron chi connectivity index (χ0n) is 16.1. The van der Waals surface area contributed by atoms with E-state index in [2.05, 4.69) is 5.32 Å². The van der Waals surface area contributed by atoms with E-state index in [1.165, 1.54) is 31.6 Å². The Morgan fingerprint density at radius 1 is 1.40 bits per heavy atom. The van der Waals surface area contributed by atoms with Crippen LogP contribution in [0.4, 0.5) is 0 Å². The third kappa shape index (κ3) is 2.41. The van der Waals surface area contributed by atoms with Crippen LogP contribution in [0.25, 0.3) is 0 Å². The minimum atomic E-state index is -1.71. The summed E-state index contributed by atoms with van der Waals surface area (Å²) in [6, 6.07) is 2.92. The highest BCUT2D eigenvalue weighted by atomic mass is 16.5. The molecule has 0 aromatic carbocycles. The van der Waals surface area contributed by atoms with Crippen LogP contribution in [0, 0.1) is 11.8 Å². The van der Waals surface area contributed by atoms with Gasteiger partial charge in [0.05, 0.1) is 31.3 Å². The SMILES string of the molecule is COC(=O)C1(CCN2C(=O)C3C4C=CC(C(O)C(=O)c5ccco5)(O4)C3C2=O)CN1. The summed E-state index contributed by atoms with van der Waals surface area (Å²) >= 11 is 0. The Kier molecular flexibility index (Phi) is 4.05. The standard InChI is InChI=1S/C20H20N2O8/c1-28-18(27)19(9-21-19)6-7-22-16(25)12-10-4-5-20(30-10,13(12)17(22)26)15(24)14(23)11-3-2-8-29-11/h2-5,8,10,12-13,15,21,24H,6-7,9H2,1H3. The normalized spacial score (nSPS) is 36.9. The van der Waals surface area contributed by atoms with Crippen LogP contribution in [0.15, 0.2) is 35.0 Å². The Labute approximate surface area is 170 Å². The molecule has 1 aromatic heterocycles. The third-order valence-corrected chi connectivity index (χ3v) is 6.55. The van der Waals surface area contributed by atoms with Crippen LogP contribution in [0.3, 0.4) is 0 Å². The van der Waals surface area contributed by atoms with E-state index in [-0.39, 0.29) is 18.7 Å². The molecule has 6 atom stereocenters. The lowest BCUT2D eigenvalue weighted by molar-refractivity contribution is -0.149. The first-order valence-electron chi connectivity index (χ1n) is 9.66. The van der Waals surface area contributed by atoms with E-state index in [0.717, 1.165) is 4.90 Å². The number of ether oxygens (including phenoxy) is 2. The molecule has 0 saturated carbocycles. The maximum atomic E-state index is 13.2. The number of nitrogens with one attached hydrogen (secondary N) is 1. The van der Waals surface area contributed by atoms with E-state index in [1.54, 1.807) is 6.08 Å². The maximum Gasteiger partial charge on any atom is 0.327 e. The molecule has 158 valence electrons. The summed E-state index contributed by atoms with van der Waals surface area (Å²) in [4.78, 5) is 51.9. The molecule has 3 saturated heterocycles. The summed E-state index contributed by atoms with van der Waals surface area (Å²) in [7, 11) is 1.28. The summed E-state index contributed by atoms with van der Waals surface area (Å²) in [5.41, 5.74) is -2.51. The Balaban J connectivity index is 1.39. The lowest BCUT2D eigenvalue weighted by Crippen LogP contribution is -2.52. The summed E-state index contributed by atoms with van der Waals surface area (Å²) in [5, 5.41) is 13.8. The zero-order valence-corrected chi connectivity index (χ0v) is 16.1. The van der Waals surface area contributed by atoms with Gasteiger partial charge in [0.2, 0.25) is 17.6 Å². The number of ketones is 1. The first-order valence-corrected chi connectivity index (χ1v) is 9.66. The van der Waals surface area contributed by atoms with Crippen molar-refractivity contribution in [2.75, 3.05) is 20.2 Å². The fraction of sp³-hybridized carbons (Fsp3) is 0.500. The number of fused-ring (bicyclic) bond motifs is 5. The van der Waals surface area contributed by atoms with Crippen LogP contribution in [0.5, 0.6) is 0 Å². The average Bonchev–Trinajstić information content (AvgIpc) is 3.15. The first-order chi connectivity index (χ1) is 14.3. The number of furan rings is 1. The number of nitrogens with zero attached hydrogens (tertiary/aromatic N) is 1. The van der Waals surface area contributed by atoms with Gasteiger partial charge in [0.25, 0.3) is 0 Å². The third-order valence-electron chi connectivity index (χ3n) is 6.55. The van der Waals surface area contributed by atoms with Crippen molar-refractivity contribution >= 4 is 23.6 Å². The van der Waals surface area contributed by atoms with Crippen LogP contribution in [-0.2, 0) is 23.9 Å². The molecule has 3 fully saturated rings. The quantitative estimate of drug-likeness (QED) is 0.189. The van der Waals surface area contributed by atoms with Gasteiger partial charge < -0.3 is 19.0 Å². The number of carbonyl (C=O) groups excluding carboxylic acids is 4. The number of methoxy groups -OCH3 is 1. The van der Waals surface area contributed by atoms with Crippen LogP contribution in [0.1, 0.15) is 17.0 Å². The number of likely N-dealkylation sites (tertiary alicyclic amines) is 1. The van der Waals surface area contributed by atoms with Gasteiger partial charge in [-0.1, -0.05) is 12.2 Å². The predicted octanol–water partition coefficient (Wildman–Crippen LogP) is -0.963. The number of imide groups is 1. The van der Waals surface area contributed by atoms with Gasteiger partial charge in [0.15, 0.2) is 11.9 Å². The molecule has 10 heteroatoms. The number of esters is 1. The van der Waals surface area contributed by atoms with Gasteiger partial charge in [-0.25, -0.2) is 0 Å². The number of hydrogen-bond acceptors (Lipinski definition) is 9. The van der Waals surface area contributed by atoms with Crippen molar-refractivity contribution < 1.29 is 38.2 Å². The van der Waals surface area contributed by atoms with Crippen molar-refractivity contribution in [1.82, 2.24) is 10.2 Å². The molecule has 4 aliphatic rings. The van der Waals surface area contributed by atoms with Crippen molar-refractivity contribution in [3.8, 4) is 0 Å². The largest absolute Gasteiger partial charge is 0.468 e. The monoisotopic (exact) mass is 416 g/mol. The highest BCUT2D eigenvalue weighted by molar-refractivity contribution is 6.08. The Hall–Kier alpha value is -2.82. The van der Waals surface area contributed by atoms with Crippen LogP contribution in [-0.4, -0.2) is 77.1 Å². The second-order valence-corrected chi connectivity index (χ2v) is 8.05. The number of Topliss-reactive ketones (excluding diaryl/α,β-unsaturated/α-hetero) is 1. The highest BCUT2D eigenvalue weighted by Gasteiger charge is 2.71. The fourth-order valence-electron chi connectivity index (χ4n) is 4.82. The molecule has 10 nitrogen and oxygen atoms in total. The van der Waals surface area contributed by atoms with Gasteiger partial charge in [0.1, 0.15) is 11.1 Å². The minimum Gasteiger partial charge on any atom is -0.468 e. The first kappa shape index (κ1) is 19.2. The van der Waals surface area contributed by atoms with E-state index in [0.29, 0.717) is 6.54 Å². The number of aliphatic hydroxyl groups is 1. The lowest BCUT2D eigenvalue weighted by Gasteiger charge is -2.32. The molecule has 5 rings (SSSR count). The summed E-state index contributed by atoms with van der Waals surface area (Å²) < 4.78 is 15.7. The lowest BCUT2D eigenvalue weighted by atomic mass is 9.73. The molecule has 2 amide bonds. The summed E-state index contributed by atoms with van der Waals surface area (Å²) in [6.07, 6.45) is 2.21. The molecule has 0 spiro atoms. The Morgan fingerprint density at radius 3 is 2.80 bits per heavy atom. The molecule has 0 radical (unpaired) electrons. The van der Waals surface area contributed by atoms with Crippen LogP contribution >= 0.6 is 0 Å². The Bertz CT molecular complexity index is 965. The highest BCUT2D eigenvalue weighted by Crippen LogP contribution is 2.53. The average molecular weight is 416 g/mol. The van der Waals surface area contributed by atoms with Crippen molar-refractivity contribution in [3.05, 3.63) is 36.3 Å². The number of rotatable bonds is 7. The number of carbonyl (C=O) groups is 4. The van der Waals surface area contributed by atoms with E-state index < -0.39 is 58.8 Å². The molecular formula is C20H20N2O8. The molecule has 5 heterocycles. The smallest absolute Gasteiger partial charge is 0.327 e. The molecule has 1 aromatic rings. The summed E-state index contributed by atoms with van der Waals surface area (Å²) in [5.74, 6) is -4.02. The van der Waals surface area contributed by atoms with E-state index in [9.17, 15) is 24.3 Å². The molecule has 30 heavy (non-hydrogen) atoms. The van der Waals surface area contributed by atoms with Crippen molar-refractivity contribution in [2.24, 2.45) is 11.8 Å². The second-order valence-electron chi connectivity index (χ2n) is 8.05. The minimum absolute atomic E-state index is 0.0256. The number of hydrogen-bond donors (Lipinski definition) is 2. The number of aliphatic hydroxyl groups excluding tert-OH is 1. The topological polar surface area (TPSA) is 145 Å². The molecule has 2 bridgehead atoms. The fourth-order valence-corrected chi connectivity index (χ4v) is 4.82. The predicted molar refractivity (Wildman–Crippen MR) is 96.9 cm³/mol. The zero-order chi connectivity index (χ0) is 21.3. The number of amides is 2. The van der Waals surface area contributed by atoms with E-state index >= 15 is 0 Å². The molecular weight excluding hydrogens is 396 g/mol. The molecule has 0 aliphatic carbocycles. The molecule has 4 aliphatic heterocycles. The van der Waals surface area contributed by atoms with Crippen molar-refractivity contribution in [2.45, 2.75) is 29.8 Å². The van der Waals surface area contributed by atoms with Gasteiger partial charge in [-0.15, -0.1) is 0 Å². The van der Waals surface area contributed by atoms with Crippen LogP contribution < -0.4 is 5.32 Å². The van der Waals surface area contributed by atoms with Gasteiger partial charge in [0, 0.05) is 13.1 Å². The molecule has 2 N–H and O–H groups in total. The van der Waals surface area contributed by atoms with Gasteiger partial charge >= 0.3 is 5.97 Å². The maximum absolute atomic E-state index is 13.2. The van der Waals surface area contributed by atoms with Crippen LogP contribution in [0.2, 0.25) is 0 Å². The van der Waals surface area contributed by atoms with Crippen molar-refractivity contribution in [3.63, 3.8) is 0 Å². The van der Waals surface area contributed by atoms with Gasteiger partial charge in [-0.2, -0.15) is 0 Å². The molecule has 6 unspecified atom stereocenters.